The van der Waals surface area contributed by atoms with E-state index in [0.717, 1.165) is 0 Å². The monoisotopic (exact) mass is 482 g/mol. The van der Waals surface area contributed by atoms with Crippen LogP contribution in [0.5, 0.6) is 0 Å². The lowest BCUT2D eigenvalue weighted by atomic mass is 10.3. The molecule has 0 fully saturated rings. The molecular formula is C7HF15O5S. The van der Waals surface area contributed by atoms with E-state index in [1.165, 1.54) is 9.47 Å². The maximum atomic E-state index is 12.9. The fraction of sp³-hybridized carbons (Fsp3) is 1.00. The fourth-order valence-corrected chi connectivity index (χ4v) is 1.23. The second-order valence-corrected chi connectivity index (χ2v) is 5.80. The number of halogens is 15. The SMILES string of the molecule is O=S(=O)(O)C(F)(F)C(F)(F)OC(F)(F)C(F)(F)C(F)(F)OC(F)(F)C(F)(F)F. The molecule has 0 saturated heterocycles. The summed E-state index contributed by atoms with van der Waals surface area (Å²) < 4.78 is 217. The highest BCUT2D eigenvalue weighted by molar-refractivity contribution is 7.86. The highest BCUT2D eigenvalue weighted by atomic mass is 32.2. The van der Waals surface area contributed by atoms with E-state index in [-0.39, 0.29) is 0 Å². The van der Waals surface area contributed by atoms with E-state index in [2.05, 4.69) is 0 Å². The van der Waals surface area contributed by atoms with Crippen LogP contribution in [-0.2, 0) is 19.6 Å². The molecule has 0 amide bonds. The Morgan fingerprint density at radius 1 is 0.536 bits per heavy atom. The van der Waals surface area contributed by atoms with Gasteiger partial charge in [0.2, 0.25) is 0 Å². The molecule has 21 heteroatoms. The third kappa shape index (κ3) is 4.50. The first kappa shape index (κ1) is 26.8. The van der Waals surface area contributed by atoms with Gasteiger partial charge >= 0.3 is 51.9 Å². The fourth-order valence-electron chi connectivity index (χ4n) is 0.887. The van der Waals surface area contributed by atoms with Crippen molar-refractivity contribution in [3.8, 4) is 0 Å². The molecule has 170 valence electrons. The highest BCUT2D eigenvalue weighted by Crippen LogP contribution is 2.54. The number of rotatable bonds is 8. The standard InChI is InChI=1S/C7HF15O5S/c8-1(9,3(13,14)26-5(17,18)2(10,11)12)4(15,16)27-6(19,20)7(21,22)28(23,24)25/h(H,23,24,25). The first-order valence-corrected chi connectivity index (χ1v) is 6.81. The molecule has 0 bridgehead atoms. The molecule has 0 saturated carbocycles. The van der Waals surface area contributed by atoms with Crippen molar-refractivity contribution < 1.29 is 88.3 Å². The van der Waals surface area contributed by atoms with Gasteiger partial charge in [0.05, 0.1) is 0 Å². The van der Waals surface area contributed by atoms with Gasteiger partial charge in [-0.25, -0.2) is 9.47 Å². The van der Waals surface area contributed by atoms with Crippen LogP contribution in [0.25, 0.3) is 0 Å². The molecule has 0 aliphatic heterocycles. The van der Waals surface area contributed by atoms with Crippen LogP contribution < -0.4 is 0 Å². The second-order valence-electron chi connectivity index (χ2n) is 4.34. The van der Waals surface area contributed by atoms with Gasteiger partial charge in [-0.1, -0.05) is 0 Å². The smallest absolute Gasteiger partial charge is 0.281 e. The molecule has 0 aromatic rings. The number of alkyl halides is 15. The molecule has 0 atom stereocenters. The minimum absolute atomic E-state index is 1.21. The quantitative estimate of drug-likeness (QED) is 0.418. The Hall–Kier alpha value is -1.22. The summed E-state index contributed by atoms with van der Waals surface area (Å²) in [5.41, 5.74) is 0. The molecule has 0 aliphatic carbocycles. The van der Waals surface area contributed by atoms with Gasteiger partial charge in [-0.05, 0) is 0 Å². The normalized spacial score (nSPS) is 16.4. The van der Waals surface area contributed by atoms with Crippen LogP contribution in [0.15, 0.2) is 0 Å². The van der Waals surface area contributed by atoms with Crippen LogP contribution in [0.4, 0.5) is 65.9 Å². The van der Waals surface area contributed by atoms with Crippen molar-refractivity contribution in [2.45, 2.75) is 41.8 Å². The highest BCUT2D eigenvalue weighted by Gasteiger charge is 2.82. The van der Waals surface area contributed by atoms with E-state index in [1.807, 2.05) is 0 Å². The average molecular weight is 482 g/mol. The van der Waals surface area contributed by atoms with Crippen molar-refractivity contribution in [2.24, 2.45) is 0 Å². The Labute approximate surface area is 141 Å². The third-order valence-electron chi connectivity index (χ3n) is 2.24. The third-order valence-corrected chi connectivity index (χ3v) is 3.12. The van der Waals surface area contributed by atoms with Gasteiger partial charge in [-0.3, -0.25) is 4.55 Å². The predicted octanol–water partition coefficient (Wildman–Crippen LogP) is 4.07. The zero-order valence-electron chi connectivity index (χ0n) is 11.7. The molecule has 0 heterocycles. The molecule has 0 rings (SSSR count). The van der Waals surface area contributed by atoms with Gasteiger partial charge in [0, 0.05) is 0 Å². The van der Waals surface area contributed by atoms with Crippen LogP contribution in [0.3, 0.4) is 0 Å². The van der Waals surface area contributed by atoms with Crippen molar-refractivity contribution in [1.82, 2.24) is 0 Å². The van der Waals surface area contributed by atoms with E-state index in [1.54, 1.807) is 0 Å². The zero-order valence-corrected chi connectivity index (χ0v) is 12.5. The van der Waals surface area contributed by atoms with E-state index in [0.29, 0.717) is 0 Å². The Morgan fingerprint density at radius 2 is 0.821 bits per heavy atom. The molecule has 0 radical (unpaired) electrons. The summed E-state index contributed by atoms with van der Waals surface area (Å²) in [6.07, 6.45) is -37.5. The van der Waals surface area contributed by atoms with Gasteiger partial charge in [0.1, 0.15) is 0 Å². The van der Waals surface area contributed by atoms with Gasteiger partial charge in [0.25, 0.3) is 0 Å². The Balaban J connectivity index is 6.07. The topological polar surface area (TPSA) is 72.8 Å². The van der Waals surface area contributed by atoms with Crippen molar-refractivity contribution >= 4 is 10.1 Å². The second kappa shape index (κ2) is 6.65. The van der Waals surface area contributed by atoms with E-state index < -0.39 is 51.9 Å². The van der Waals surface area contributed by atoms with Gasteiger partial charge in [-0.2, -0.15) is 74.3 Å². The summed E-state index contributed by atoms with van der Waals surface area (Å²) in [4.78, 5) is 0. The molecule has 28 heavy (non-hydrogen) atoms. The molecule has 0 aromatic heterocycles. The zero-order chi connectivity index (χ0) is 23.4. The molecule has 0 aromatic carbocycles. The van der Waals surface area contributed by atoms with Crippen molar-refractivity contribution in [1.29, 1.82) is 0 Å². The van der Waals surface area contributed by atoms with Gasteiger partial charge in [0.15, 0.2) is 0 Å². The van der Waals surface area contributed by atoms with Crippen LogP contribution in [0.2, 0.25) is 0 Å². The van der Waals surface area contributed by atoms with E-state index >= 15 is 0 Å². The lowest BCUT2D eigenvalue weighted by Gasteiger charge is -2.35. The summed E-state index contributed by atoms with van der Waals surface area (Å²) in [5.74, 6) is -7.96. The first-order valence-electron chi connectivity index (χ1n) is 5.37. The maximum absolute atomic E-state index is 12.9. The van der Waals surface area contributed by atoms with Gasteiger partial charge < -0.3 is 0 Å². The van der Waals surface area contributed by atoms with Crippen molar-refractivity contribution in [3.05, 3.63) is 0 Å². The van der Waals surface area contributed by atoms with Crippen LogP contribution in [-0.4, -0.2) is 54.8 Å². The Kier molecular flexibility index (Phi) is 6.36. The Morgan fingerprint density at radius 3 is 1.07 bits per heavy atom. The van der Waals surface area contributed by atoms with Crippen LogP contribution in [0.1, 0.15) is 0 Å². The minimum Gasteiger partial charge on any atom is -0.281 e. The lowest BCUT2D eigenvalue weighted by Crippen LogP contribution is -2.63. The molecule has 0 unspecified atom stereocenters. The Bertz CT molecular complexity index is 679. The summed E-state index contributed by atoms with van der Waals surface area (Å²) in [5, 5.41) is -7.20. The average Bonchev–Trinajstić information content (AvgIpc) is 2.32. The summed E-state index contributed by atoms with van der Waals surface area (Å²) in [6.45, 7) is 0. The summed E-state index contributed by atoms with van der Waals surface area (Å²) in [6, 6.07) is 0. The molecule has 0 spiro atoms. The maximum Gasteiger partial charge on any atom is 0.483 e. The van der Waals surface area contributed by atoms with Crippen LogP contribution in [0, 0.1) is 0 Å². The largest absolute Gasteiger partial charge is 0.483 e. The molecule has 1 N–H and O–H groups in total. The van der Waals surface area contributed by atoms with E-state index in [9.17, 15) is 74.3 Å². The predicted molar refractivity (Wildman–Crippen MR) is 49.5 cm³/mol. The van der Waals surface area contributed by atoms with Crippen molar-refractivity contribution in [3.63, 3.8) is 0 Å². The number of ether oxygens (including phenoxy) is 2. The summed E-state index contributed by atoms with van der Waals surface area (Å²) >= 11 is 0. The molecule has 0 aliphatic rings. The van der Waals surface area contributed by atoms with Crippen molar-refractivity contribution in [2.75, 3.05) is 0 Å². The van der Waals surface area contributed by atoms with Crippen LogP contribution >= 0.6 is 0 Å². The molecule has 5 nitrogen and oxygen atoms in total. The first-order chi connectivity index (χ1) is 11.7. The number of hydrogen-bond acceptors (Lipinski definition) is 4. The van der Waals surface area contributed by atoms with E-state index in [4.69, 9.17) is 4.55 Å². The number of hydrogen-bond donors (Lipinski definition) is 1. The molecular weight excluding hydrogens is 481 g/mol. The van der Waals surface area contributed by atoms with Gasteiger partial charge in [-0.15, -0.1) is 0 Å². The lowest BCUT2D eigenvalue weighted by molar-refractivity contribution is -0.536. The summed E-state index contributed by atoms with van der Waals surface area (Å²) in [7, 11) is -7.44. The minimum atomic E-state index is -7.96.